The molecule has 6 nitrogen and oxygen atoms in total. The molecule has 0 aliphatic carbocycles. The first-order valence-electron chi connectivity index (χ1n) is 9.54. The fraction of sp³-hybridized carbons (Fsp3) is 0.125. The number of carboxylic acids is 1. The second-order valence-corrected chi connectivity index (χ2v) is 8.06. The number of amides is 1. The summed E-state index contributed by atoms with van der Waals surface area (Å²) in [5.41, 5.74) is 4.24. The molecule has 162 valence electrons. The average Bonchev–Trinajstić information content (AvgIpc) is 3.01. The van der Waals surface area contributed by atoms with E-state index in [-0.39, 0.29) is 16.2 Å². The topological polar surface area (TPSA) is 95.1 Å². The highest BCUT2D eigenvalue weighted by Crippen LogP contribution is 2.27. The minimum Gasteiger partial charge on any atom is -0.478 e. The van der Waals surface area contributed by atoms with Crippen LogP contribution in [0.2, 0.25) is 10.0 Å². The van der Waals surface area contributed by atoms with Crippen LogP contribution in [-0.4, -0.2) is 21.6 Å². The third-order valence-corrected chi connectivity index (χ3v) is 5.57. The maximum absolute atomic E-state index is 12.7. The number of carbonyl (C=O) groups is 2. The van der Waals surface area contributed by atoms with Gasteiger partial charge in [0.2, 0.25) is 0 Å². The third kappa shape index (κ3) is 4.70. The molecule has 1 amide bonds. The van der Waals surface area contributed by atoms with Crippen LogP contribution >= 0.6 is 23.2 Å². The van der Waals surface area contributed by atoms with Crippen LogP contribution in [-0.2, 0) is 4.79 Å². The summed E-state index contributed by atoms with van der Waals surface area (Å²) in [5.74, 6) is -1.65. The van der Waals surface area contributed by atoms with Crippen molar-refractivity contribution < 1.29 is 14.7 Å². The number of hydrogen-bond donors (Lipinski definition) is 2. The highest BCUT2D eigenvalue weighted by Gasteiger charge is 2.16. The summed E-state index contributed by atoms with van der Waals surface area (Å²) in [6, 6.07) is 13.6. The number of nitriles is 1. The van der Waals surface area contributed by atoms with Gasteiger partial charge in [-0.2, -0.15) is 5.26 Å². The molecule has 8 heteroatoms. The van der Waals surface area contributed by atoms with Gasteiger partial charge in [-0.25, -0.2) is 4.79 Å². The molecule has 0 atom stereocenters. The maximum atomic E-state index is 12.7. The number of hydrogen-bond acceptors (Lipinski definition) is 3. The van der Waals surface area contributed by atoms with E-state index in [4.69, 9.17) is 23.2 Å². The lowest BCUT2D eigenvalue weighted by molar-refractivity contribution is -0.112. The van der Waals surface area contributed by atoms with Crippen LogP contribution < -0.4 is 5.32 Å². The Balaban J connectivity index is 1.97. The van der Waals surface area contributed by atoms with Crippen molar-refractivity contribution in [3.05, 3.63) is 86.2 Å². The first-order valence-corrected chi connectivity index (χ1v) is 10.3. The van der Waals surface area contributed by atoms with Crippen molar-refractivity contribution in [2.24, 2.45) is 0 Å². The summed E-state index contributed by atoms with van der Waals surface area (Å²) < 4.78 is 1.87. The van der Waals surface area contributed by atoms with Crippen molar-refractivity contribution >= 4 is 46.8 Å². The predicted octanol–water partition coefficient (Wildman–Crippen LogP) is 5.95. The number of rotatable bonds is 5. The molecule has 0 aliphatic rings. The Labute approximate surface area is 195 Å². The second-order valence-electron chi connectivity index (χ2n) is 7.21. The molecule has 0 saturated carbocycles. The van der Waals surface area contributed by atoms with E-state index in [2.05, 4.69) is 5.32 Å². The summed E-state index contributed by atoms with van der Waals surface area (Å²) >= 11 is 12.1. The second kappa shape index (κ2) is 9.31. The fourth-order valence-corrected chi connectivity index (χ4v) is 3.80. The Morgan fingerprint density at radius 3 is 2.44 bits per heavy atom. The zero-order chi connectivity index (χ0) is 23.6. The number of benzene rings is 2. The van der Waals surface area contributed by atoms with E-state index in [0.29, 0.717) is 22.0 Å². The first-order chi connectivity index (χ1) is 15.1. The van der Waals surface area contributed by atoms with Crippen LogP contribution in [0.15, 0.2) is 48.0 Å². The predicted molar refractivity (Wildman–Crippen MR) is 126 cm³/mol. The minimum absolute atomic E-state index is 0.0118. The number of anilines is 1. The molecule has 0 fully saturated rings. The Kier molecular flexibility index (Phi) is 6.73. The molecule has 2 aromatic carbocycles. The lowest BCUT2D eigenvalue weighted by Crippen LogP contribution is -2.14. The molecule has 1 aromatic heterocycles. The zero-order valence-electron chi connectivity index (χ0n) is 17.5. The molecule has 3 aromatic rings. The zero-order valence-corrected chi connectivity index (χ0v) is 19.0. The van der Waals surface area contributed by atoms with Gasteiger partial charge in [-0.1, -0.05) is 29.3 Å². The summed E-state index contributed by atoms with van der Waals surface area (Å²) in [5, 5.41) is 22.1. The first kappa shape index (κ1) is 23.1. The molecule has 1 heterocycles. The molecule has 32 heavy (non-hydrogen) atoms. The van der Waals surface area contributed by atoms with Crippen molar-refractivity contribution in [2.45, 2.75) is 20.8 Å². The third-order valence-electron chi connectivity index (χ3n) is 5.02. The molecule has 2 N–H and O–H groups in total. The van der Waals surface area contributed by atoms with Gasteiger partial charge < -0.3 is 15.0 Å². The lowest BCUT2D eigenvalue weighted by Gasteiger charge is -2.11. The molecular weight excluding hydrogens is 449 g/mol. The lowest BCUT2D eigenvalue weighted by atomic mass is 10.1. The van der Waals surface area contributed by atoms with Gasteiger partial charge >= 0.3 is 5.97 Å². The molecule has 0 bridgehead atoms. The van der Waals surface area contributed by atoms with Gasteiger partial charge in [0.1, 0.15) is 11.6 Å². The van der Waals surface area contributed by atoms with E-state index in [0.717, 1.165) is 17.0 Å². The number of nitrogens with zero attached hydrogens (tertiary/aromatic N) is 2. The fourth-order valence-electron chi connectivity index (χ4n) is 3.37. The quantitative estimate of drug-likeness (QED) is 0.357. The van der Waals surface area contributed by atoms with Crippen LogP contribution in [0.25, 0.3) is 11.8 Å². The average molecular weight is 468 g/mol. The van der Waals surface area contributed by atoms with E-state index in [9.17, 15) is 20.0 Å². The number of carboxylic acid groups (broad SMARTS) is 1. The van der Waals surface area contributed by atoms with Crippen molar-refractivity contribution in [2.75, 3.05) is 5.32 Å². The minimum atomic E-state index is -1.11. The largest absolute Gasteiger partial charge is 0.478 e. The molecule has 0 radical (unpaired) electrons. The van der Waals surface area contributed by atoms with E-state index in [1.54, 1.807) is 30.3 Å². The van der Waals surface area contributed by atoms with Crippen molar-refractivity contribution in [3.63, 3.8) is 0 Å². The molecular formula is C24H19Cl2N3O3. The van der Waals surface area contributed by atoms with Crippen LogP contribution in [0.5, 0.6) is 0 Å². The number of aryl methyl sites for hydroxylation is 2. The summed E-state index contributed by atoms with van der Waals surface area (Å²) in [6.45, 7) is 5.53. The number of aromatic nitrogens is 1. The normalized spacial score (nSPS) is 11.2. The van der Waals surface area contributed by atoms with Crippen LogP contribution in [0.4, 0.5) is 5.69 Å². The summed E-state index contributed by atoms with van der Waals surface area (Å²) in [4.78, 5) is 23.9. The van der Waals surface area contributed by atoms with Crippen LogP contribution in [0.1, 0.15) is 32.9 Å². The Hall–Kier alpha value is -3.53. The molecule has 0 unspecified atom stereocenters. The van der Waals surface area contributed by atoms with Gasteiger partial charge in [0, 0.05) is 27.8 Å². The highest BCUT2D eigenvalue weighted by atomic mass is 35.5. The molecule has 0 aliphatic heterocycles. The van der Waals surface area contributed by atoms with E-state index in [1.807, 2.05) is 37.5 Å². The van der Waals surface area contributed by atoms with Gasteiger partial charge in [-0.05, 0) is 74.4 Å². The van der Waals surface area contributed by atoms with Gasteiger partial charge in [0.25, 0.3) is 5.91 Å². The van der Waals surface area contributed by atoms with Crippen molar-refractivity contribution in [1.82, 2.24) is 4.57 Å². The number of aromatic carboxylic acids is 1. The van der Waals surface area contributed by atoms with Crippen LogP contribution in [0.3, 0.4) is 0 Å². The number of halogens is 2. The van der Waals surface area contributed by atoms with Crippen LogP contribution in [0, 0.1) is 32.1 Å². The van der Waals surface area contributed by atoms with Gasteiger partial charge in [0.15, 0.2) is 0 Å². The smallest absolute Gasteiger partial charge is 0.337 e. The Morgan fingerprint density at radius 2 is 1.81 bits per heavy atom. The molecule has 3 rings (SSSR count). The Bertz CT molecular complexity index is 1320. The van der Waals surface area contributed by atoms with E-state index < -0.39 is 11.9 Å². The molecule has 0 saturated heterocycles. The summed E-state index contributed by atoms with van der Waals surface area (Å²) in [6.07, 6.45) is 1.52. The van der Waals surface area contributed by atoms with Gasteiger partial charge in [0.05, 0.1) is 10.6 Å². The number of nitrogens with one attached hydrogen (secondary N) is 1. The molecule has 0 spiro atoms. The SMILES string of the molecule is Cc1ccc(Cl)cc1NC(=O)/C(C#N)=C\c1cc(C)n(-c2ccc(C(=O)O)c(Cl)c2)c1C. The maximum Gasteiger partial charge on any atom is 0.337 e. The van der Waals surface area contributed by atoms with Crippen molar-refractivity contribution in [3.8, 4) is 11.8 Å². The standard InChI is InChI=1S/C24H19Cl2N3O3/c1-13-4-5-18(25)10-22(13)28-23(30)17(12-27)9-16-8-14(2)29(15(16)3)19-6-7-20(24(31)32)21(26)11-19/h4-11H,1-3H3,(H,28,30)(H,31,32)/b17-9-. The highest BCUT2D eigenvalue weighted by molar-refractivity contribution is 6.33. The summed E-state index contributed by atoms with van der Waals surface area (Å²) in [7, 11) is 0. The Morgan fingerprint density at radius 1 is 1.09 bits per heavy atom. The van der Waals surface area contributed by atoms with Gasteiger partial charge in [-0.15, -0.1) is 0 Å². The van der Waals surface area contributed by atoms with Gasteiger partial charge in [-0.3, -0.25) is 4.79 Å². The number of carbonyl (C=O) groups excluding carboxylic acids is 1. The van der Waals surface area contributed by atoms with E-state index in [1.165, 1.54) is 12.1 Å². The van der Waals surface area contributed by atoms with Crippen molar-refractivity contribution in [1.29, 1.82) is 5.26 Å². The van der Waals surface area contributed by atoms with E-state index >= 15 is 0 Å². The monoisotopic (exact) mass is 467 g/mol.